The lowest BCUT2D eigenvalue weighted by Crippen LogP contribution is -2.13. The fourth-order valence-electron chi connectivity index (χ4n) is 1.05. The number of phenolic OH excluding ortho intramolecular Hbond substituents is 1. The second-order valence-corrected chi connectivity index (χ2v) is 2.77. The molecule has 0 aromatic heterocycles. The predicted octanol–water partition coefficient (Wildman–Crippen LogP) is 1.37. The van der Waals surface area contributed by atoms with E-state index in [4.69, 9.17) is 11.0 Å². The van der Waals surface area contributed by atoms with Gasteiger partial charge in [-0.25, -0.2) is 8.78 Å². The maximum absolute atomic E-state index is 12.9. The van der Waals surface area contributed by atoms with E-state index in [-0.39, 0.29) is 11.1 Å². The molecule has 0 saturated heterocycles. The monoisotopic (exact) mass is 198 g/mol. The number of benzene rings is 1. The van der Waals surface area contributed by atoms with Gasteiger partial charge < -0.3 is 10.8 Å². The molecular weight excluding hydrogens is 190 g/mol. The topological polar surface area (TPSA) is 70.0 Å². The minimum Gasteiger partial charge on any atom is -0.505 e. The van der Waals surface area contributed by atoms with Crippen LogP contribution in [0.25, 0.3) is 0 Å². The fraction of sp³-hybridized carbons (Fsp3) is 0.222. The third-order valence-corrected chi connectivity index (χ3v) is 1.79. The Bertz CT molecular complexity index is 387. The van der Waals surface area contributed by atoms with E-state index >= 15 is 0 Å². The number of halogens is 2. The number of nitrogens with zero attached hydrogens (tertiary/aromatic N) is 1. The minimum atomic E-state index is -1.11. The van der Waals surface area contributed by atoms with E-state index in [9.17, 15) is 13.9 Å². The maximum Gasteiger partial charge on any atom is 0.166 e. The summed E-state index contributed by atoms with van der Waals surface area (Å²) in [5.41, 5.74) is 5.18. The lowest BCUT2D eigenvalue weighted by molar-refractivity contribution is 0.396. The molecule has 0 amide bonds. The molecule has 0 aliphatic rings. The number of phenols is 1. The first kappa shape index (κ1) is 10.4. The van der Waals surface area contributed by atoms with Crippen molar-refractivity contribution in [3.63, 3.8) is 0 Å². The lowest BCUT2D eigenvalue weighted by Gasteiger charge is -2.10. The largest absolute Gasteiger partial charge is 0.505 e. The predicted molar refractivity (Wildman–Crippen MR) is 45.7 cm³/mol. The summed E-state index contributed by atoms with van der Waals surface area (Å²) in [6.45, 7) is -0.929. The highest BCUT2D eigenvalue weighted by molar-refractivity contribution is 5.44. The van der Waals surface area contributed by atoms with Crippen LogP contribution in [0.5, 0.6) is 5.75 Å². The third-order valence-electron chi connectivity index (χ3n) is 1.79. The van der Waals surface area contributed by atoms with Crippen molar-refractivity contribution in [2.45, 2.75) is 6.04 Å². The van der Waals surface area contributed by atoms with Gasteiger partial charge in [-0.1, -0.05) is 0 Å². The quantitative estimate of drug-likeness (QED) is 0.753. The molecule has 1 atom stereocenters. The highest BCUT2D eigenvalue weighted by Crippen LogP contribution is 2.27. The van der Waals surface area contributed by atoms with E-state index in [1.54, 1.807) is 6.07 Å². The number of hydrogen-bond acceptors (Lipinski definition) is 3. The van der Waals surface area contributed by atoms with Gasteiger partial charge in [0.1, 0.15) is 6.67 Å². The van der Waals surface area contributed by atoms with Gasteiger partial charge in [-0.3, -0.25) is 0 Å². The minimum absolute atomic E-state index is 0.000741. The van der Waals surface area contributed by atoms with E-state index < -0.39 is 24.3 Å². The summed E-state index contributed by atoms with van der Waals surface area (Å²) in [5, 5.41) is 17.7. The fourth-order valence-corrected chi connectivity index (χ4v) is 1.05. The van der Waals surface area contributed by atoms with Crippen LogP contribution in [0.4, 0.5) is 8.78 Å². The molecule has 0 fully saturated rings. The first-order chi connectivity index (χ1) is 6.60. The number of nitriles is 1. The Morgan fingerprint density at radius 3 is 2.71 bits per heavy atom. The molecule has 1 rings (SSSR count). The van der Waals surface area contributed by atoms with Crippen LogP contribution in [0.1, 0.15) is 17.2 Å². The normalized spacial score (nSPS) is 12.1. The zero-order valence-electron chi connectivity index (χ0n) is 7.17. The van der Waals surface area contributed by atoms with Crippen molar-refractivity contribution in [3.05, 3.63) is 29.1 Å². The second kappa shape index (κ2) is 4.03. The van der Waals surface area contributed by atoms with Crippen LogP contribution in [-0.4, -0.2) is 11.8 Å². The molecule has 1 aromatic rings. The summed E-state index contributed by atoms with van der Waals surface area (Å²) in [6.07, 6.45) is 0. The Morgan fingerprint density at radius 1 is 1.57 bits per heavy atom. The summed E-state index contributed by atoms with van der Waals surface area (Å²) >= 11 is 0. The smallest absolute Gasteiger partial charge is 0.166 e. The van der Waals surface area contributed by atoms with Crippen LogP contribution < -0.4 is 5.73 Å². The van der Waals surface area contributed by atoms with Gasteiger partial charge in [0.05, 0.1) is 17.7 Å². The van der Waals surface area contributed by atoms with E-state index in [1.807, 2.05) is 0 Å². The van der Waals surface area contributed by atoms with E-state index in [2.05, 4.69) is 0 Å². The van der Waals surface area contributed by atoms with E-state index in [0.29, 0.717) is 0 Å². The molecule has 0 saturated carbocycles. The van der Waals surface area contributed by atoms with Gasteiger partial charge in [-0.05, 0) is 12.1 Å². The Kier molecular flexibility index (Phi) is 2.99. The number of aromatic hydroxyl groups is 1. The first-order valence-corrected chi connectivity index (χ1v) is 3.84. The molecular formula is C9H8F2N2O. The third kappa shape index (κ3) is 1.80. The summed E-state index contributed by atoms with van der Waals surface area (Å²) in [6, 6.07) is 2.61. The molecule has 0 unspecified atom stereocenters. The van der Waals surface area contributed by atoms with Gasteiger partial charge in [-0.2, -0.15) is 5.26 Å². The van der Waals surface area contributed by atoms with Gasteiger partial charge in [0.15, 0.2) is 11.6 Å². The molecule has 5 heteroatoms. The van der Waals surface area contributed by atoms with Crippen molar-refractivity contribution in [3.8, 4) is 11.8 Å². The molecule has 0 heterocycles. The molecule has 1 aromatic carbocycles. The van der Waals surface area contributed by atoms with Gasteiger partial charge >= 0.3 is 0 Å². The van der Waals surface area contributed by atoms with Crippen LogP contribution in [0, 0.1) is 17.1 Å². The molecule has 14 heavy (non-hydrogen) atoms. The SMILES string of the molecule is N#Cc1cc(F)c(O)c([C@H](N)CF)c1. The zero-order valence-corrected chi connectivity index (χ0v) is 7.17. The zero-order chi connectivity index (χ0) is 10.7. The molecule has 0 radical (unpaired) electrons. The highest BCUT2D eigenvalue weighted by Gasteiger charge is 2.15. The molecule has 0 spiro atoms. The number of rotatable bonds is 2. The van der Waals surface area contributed by atoms with Crippen LogP contribution in [0.15, 0.2) is 12.1 Å². The van der Waals surface area contributed by atoms with Crippen LogP contribution in [0.2, 0.25) is 0 Å². The summed E-state index contributed by atoms with van der Waals surface area (Å²) in [4.78, 5) is 0. The van der Waals surface area contributed by atoms with E-state index in [0.717, 1.165) is 6.07 Å². The Labute approximate surface area is 79.4 Å². The Balaban J connectivity index is 3.28. The number of hydrogen-bond donors (Lipinski definition) is 2. The Hall–Kier alpha value is -1.67. The summed E-state index contributed by atoms with van der Waals surface area (Å²) in [7, 11) is 0. The molecule has 3 N–H and O–H groups in total. The highest BCUT2D eigenvalue weighted by atomic mass is 19.1. The lowest BCUT2D eigenvalue weighted by atomic mass is 10.0. The molecule has 0 bridgehead atoms. The maximum atomic E-state index is 12.9. The van der Waals surface area contributed by atoms with Crippen molar-refractivity contribution < 1.29 is 13.9 Å². The second-order valence-electron chi connectivity index (χ2n) is 2.77. The average molecular weight is 198 g/mol. The van der Waals surface area contributed by atoms with Crippen molar-refractivity contribution >= 4 is 0 Å². The van der Waals surface area contributed by atoms with E-state index in [1.165, 1.54) is 6.07 Å². The van der Waals surface area contributed by atoms with Gasteiger partial charge in [0.25, 0.3) is 0 Å². The average Bonchev–Trinajstić information content (AvgIpc) is 2.20. The summed E-state index contributed by atoms with van der Waals surface area (Å²) < 4.78 is 25.1. The number of alkyl halides is 1. The van der Waals surface area contributed by atoms with Gasteiger partial charge in [-0.15, -0.1) is 0 Å². The molecule has 0 aliphatic heterocycles. The standard InChI is InChI=1S/C9H8F2N2O/c10-3-8(13)6-1-5(4-12)2-7(11)9(6)14/h1-2,8,14H,3,13H2/t8-/m1/s1. The van der Waals surface area contributed by atoms with Gasteiger partial charge in [0, 0.05) is 5.56 Å². The molecule has 3 nitrogen and oxygen atoms in total. The van der Waals surface area contributed by atoms with Crippen LogP contribution in [-0.2, 0) is 0 Å². The molecule has 74 valence electrons. The molecule has 0 aliphatic carbocycles. The van der Waals surface area contributed by atoms with Gasteiger partial charge in [0.2, 0.25) is 0 Å². The van der Waals surface area contributed by atoms with Crippen molar-refractivity contribution in [2.75, 3.05) is 6.67 Å². The van der Waals surface area contributed by atoms with Crippen molar-refractivity contribution in [2.24, 2.45) is 5.73 Å². The van der Waals surface area contributed by atoms with Crippen molar-refractivity contribution in [1.29, 1.82) is 5.26 Å². The van der Waals surface area contributed by atoms with Crippen LogP contribution in [0.3, 0.4) is 0 Å². The Morgan fingerprint density at radius 2 is 2.21 bits per heavy atom. The number of nitrogens with two attached hydrogens (primary N) is 1. The first-order valence-electron chi connectivity index (χ1n) is 3.84. The van der Waals surface area contributed by atoms with Crippen LogP contribution >= 0.6 is 0 Å². The summed E-state index contributed by atoms with van der Waals surface area (Å²) in [5.74, 6) is -1.67. The van der Waals surface area contributed by atoms with Crippen molar-refractivity contribution in [1.82, 2.24) is 0 Å².